The van der Waals surface area contributed by atoms with Crippen LogP contribution in [0.4, 0.5) is 5.69 Å². The monoisotopic (exact) mass is 275 g/mol. The van der Waals surface area contributed by atoms with Gasteiger partial charge in [0.05, 0.1) is 5.02 Å². The molecule has 2 aromatic rings. The summed E-state index contributed by atoms with van der Waals surface area (Å²) in [7, 11) is 0. The molecular formula is C15H14ClNO2. The predicted molar refractivity (Wildman–Crippen MR) is 77.0 cm³/mol. The van der Waals surface area contributed by atoms with E-state index >= 15 is 0 Å². The summed E-state index contributed by atoms with van der Waals surface area (Å²) in [6.07, 6.45) is 0. The van der Waals surface area contributed by atoms with Gasteiger partial charge in [-0.1, -0.05) is 23.7 Å². The van der Waals surface area contributed by atoms with Crippen LogP contribution in [0.1, 0.15) is 21.5 Å². The zero-order valence-corrected chi connectivity index (χ0v) is 11.5. The normalized spacial score (nSPS) is 10.3. The Hall–Kier alpha value is -2.00. The first-order chi connectivity index (χ1) is 8.99. The van der Waals surface area contributed by atoms with Crippen molar-refractivity contribution < 1.29 is 9.90 Å². The number of phenols is 1. The quantitative estimate of drug-likeness (QED) is 0.873. The van der Waals surface area contributed by atoms with Crippen LogP contribution in [0.3, 0.4) is 0 Å². The molecule has 0 bridgehead atoms. The highest BCUT2D eigenvalue weighted by Crippen LogP contribution is 2.25. The number of amides is 1. The van der Waals surface area contributed by atoms with Gasteiger partial charge in [0.2, 0.25) is 0 Å². The smallest absolute Gasteiger partial charge is 0.255 e. The molecule has 0 fully saturated rings. The summed E-state index contributed by atoms with van der Waals surface area (Å²) in [6.45, 7) is 3.94. The summed E-state index contributed by atoms with van der Waals surface area (Å²) in [5.41, 5.74) is 3.32. The summed E-state index contributed by atoms with van der Waals surface area (Å²) in [5, 5.41) is 12.3. The van der Waals surface area contributed by atoms with Gasteiger partial charge in [0.1, 0.15) is 5.75 Å². The average molecular weight is 276 g/mol. The van der Waals surface area contributed by atoms with E-state index in [2.05, 4.69) is 5.32 Å². The first kappa shape index (κ1) is 13.4. The lowest BCUT2D eigenvalue weighted by Gasteiger charge is -2.10. The summed E-state index contributed by atoms with van der Waals surface area (Å²) in [6, 6.07) is 10.1. The van der Waals surface area contributed by atoms with E-state index in [0.29, 0.717) is 5.56 Å². The molecule has 98 valence electrons. The fourth-order valence-corrected chi connectivity index (χ4v) is 1.91. The highest BCUT2D eigenvalue weighted by molar-refractivity contribution is 6.32. The number of aromatic hydroxyl groups is 1. The number of rotatable bonds is 2. The molecule has 0 aliphatic heterocycles. The van der Waals surface area contributed by atoms with E-state index in [-0.39, 0.29) is 16.7 Å². The molecule has 0 radical (unpaired) electrons. The van der Waals surface area contributed by atoms with Crippen LogP contribution in [0.5, 0.6) is 5.75 Å². The van der Waals surface area contributed by atoms with Crippen molar-refractivity contribution in [2.75, 3.05) is 5.32 Å². The van der Waals surface area contributed by atoms with E-state index in [4.69, 9.17) is 11.6 Å². The van der Waals surface area contributed by atoms with E-state index in [9.17, 15) is 9.90 Å². The van der Waals surface area contributed by atoms with E-state index in [1.54, 1.807) is 0 Å². The lowest BCUT2D eigenvalue weighted by molar-refractivity contribution is 0.102. The van der Waals surface area contributed by atoms with Gasteiger partial charge in [0.15, 0.2) is 0 Å². The molecular weight excluding hydrogens is 262 g/mol. The summed E-state index contributed by atoms with van der Waals surface area (Å²) < 4.78 is 0. The molecule has 4 heteroatoms. The average Bonchev–Trinajstić information content (AvgIpc) is 2.38. The van der Waals surface area contributed by atoms with Crippen molar-refractivity contribution in [1.29, 1.82) is 0 Å². The Morgan fingerprint density at radius 2 is 1.95 bits per heavy atom. The number of anilines is 1. The molecule has 0 unspecified atom stereocenters. The molecule has 0 aliphatic rings. The summed E-state index contributed by atoms with van der Waals surface area (Å²) >= 11 is 5.79. The number of benzene rings is 2. The predicted octanol–water partition coefficient (Wildman–Crippen LogP) is 3.91. The maximum Gasteiger partial charge on any atom is 0.255 e. The molecule has 19 heavy (non-hydrogen) atoms. The van der Waals surface area contributed by atoms with Crippen molar-refractivity contribution in [1.82, 2.24) is 0 Å². The van der Waals surface area contributed by atoms with Gasteiger partial charge in [-0.25, -0.2) is 0 Å². The van der Waals surface area contributed by atoms with Gasteiger partial charge >= 0.3 is 0 Å². The molecule has 0 heterocycles. The molecule has 3 nitrogen and oxygen atoms in total. The third-order valence-corrected chi connectivity index (χ3v) is 3.37. The van der Waals surface area contributed by atoms with Crippen LogP contribution in [0.25, 0.3) is 0 Å². The van der Waals surface area contributed by atoms with Crippen molar-refractivity contribution in [3.8, 4) is 5.75 Å². The van der Waals surface area contributed by atoms with Gasteiger partial charge in [-0.2, -0.15) is 0 Å². The Bertz CT molecular complexity index is 638. The number of nitrogens with one attached hydrogen (secondary N) is 1. The zero-order chi connectivity index (χ0) is 14.0. The Morgan fingerprint density at radius 3 is 2.63 bits per heavy atom. The van der Waals surface area contributed by atoms with Gasteiger partial charge in [-0.15, -0.1) is 0 Å². The lowest BCUT2D eigenvalue weighted by Crippen LogP contribution is -2.13. The number of halogens is 1. The number of phenolic OH excluding ortho intramolecular Hbond substituents is 1. The minimum Gasteiger partial charge on any atom is -0.506 e. The molecule has 0 spiro atoms. The minimum absolute atomic E-state index is 0.0371. The number of aryl methyl sites for hydroxylation is 1. The van der Waals surface area contributed by atoms with Crippen molar-refractivity contribution in [2.24, 2.45) is 0 Å². The number of hydrogen-bond donors (Lipinski definition) is 2. The van der Waals surface area contributed by atoms with Gasteiger partial charge in [0, 0.05) is 11.3 Å². The molecule has 1 amide bonds. The highest BCUT2D eigenvalue weighted by Gasteiger charge is 2.10. The van der Waals surface area contributed by atoms with Crippen LogP contribution in [0.15, 0.2) is 36.4 Å². The second-order valence-corrected chi connectivity index (χ2v) is 4.77. The van der Waals surface area contributed by atoms with Crippen LogP contribution < -0.4 is 5.32 Å². The van der Waals surface area contributed by atoms with E-state index in [1.165, 1.54) is 18.2 Å². The van der Waals surface area contributed by atoms with Crippen LogP contribution >= 0.6 is 11.6 Å². The largest absolute Gasteiger partial charge is 0.506 e. The molecule has 0 aliphatic carbocycles. The van der Waals surface area contributed by atoms with Gasteiger partial charge in [-0.3, -0.25) is 4.79 Å². The Labute approximate surface area is 116 Å². The van der Waals surface area contributed by atoms with Gasteiger partial charge < -0.3 is 10.4 Å². The number of carbonyl (C=O) groups excluding carboxylic acids is 1. The standard InChI is InChI=1S/C15H14ClNO2/c1-9-4-3-5-13(10(9)2)17-15(19)11-6-7-14(18)12(16)8-11/h3-8,18H,1-2H3,(H,17,19). The first-order valence-corrected chi connectivity index (χ1v) is 6.23. The van der Waals surface area contributed by atoms with Gasteiger partial charge in [-0.05, 0) is 49.2 Å². The van der Waals surface area contributed by atoms with Crippen LogP contribution in [-0.2, 0) is 0 Å². The SMILES string of the molecule is Cc1cccc(NC(=O)c2ccc(O)c(Cl)c2)c1C. The topological polar surface area (TPSA) is 49.3 Å². The highest BCUT2D eigenvalue weighted by atomic mass is 35.5. The summed E-state index contributed by atoms with van der Waals surface area (Å²) in [4.78, 5) is 12.1. The maximum absolute atomic E-state index is 12.1. The van der Waals surface area contributed by atoms with Crippen molar-refractivity contribution in [3.05, 3.63) is 58.1 Å². The third-order valence-electron chi connectivity index (χ3n) is 3.06. The molecule has 2 rings (SSSR count). The molecule has 2 aromatic carbocycles. The minimum atomic E-state index is -0.254. The third kappa shape index (κ3) is 2.88. The summed E-state index contributed by atoms with van der Waals surface area (Å²) in [5.74, 6) is -0.291. The Kier molecular flexibility index (Phi) is 3.76. The zero-order valence-electron chi connectivity index (χ0n) is 10.7. The van der Waals surface area contributed by atoms with Crippen molar-refractivity contribution in [2.45, 2.75) is 13.8 Å². The molecule has 2 N–H and O–H groups in total. The number of carbonyl (C=O) groups is 1. The van der Waals surface area contributed by atoms with E-state index in [1.807, 2.05) is 32.0 Å². The molecule has 0 saturated heterocycles. The molecule has 0 atom stereocenters. The molecule has 0 aromatic heterocycles. The van der Waals surface area contributed by atoms with E-state index in [0.717, 1.165) is 16.8 Å². The van der Waals surface area contributed by atoms with Crippen LogP contribution in [0, 0.1) is 13.8 Å². The maximum atomic E-state index is 12.1. The van der Waals surface area contributed by atoms with E-state index < -0.39 is 0 Å². The second kappa shape index (κ2) is 5.33. The Balaban J connectivity index is 2.26. The van der Waals surface area contributed by atoms with Gasteiger partial charge in [0.25, 0.3) is 5.91 Å². The fourth-order valence-electron chi connectivity index (χ4n) is 1.73. The van der Waals surface area contributed by atoms with Crippen molar-refractivity contribution >= 4 is 23.2 Å². The van der Waals surface area contributed by atoms with Crippen LogP contribution in [0.2, 0.25) is 5.02 Å². The fraction of sp³-hybridized carbons (Fsp3) is 0.133. The lowest BCUT2D eigenvalue weighted by atomic mass is 10.1. The Morgan fingerprint density at radius 1 is 1.21 bits per heavy atom. The van der Waals surface area contributed by atoms with Crippen LogP contribution in [-0.4, -0.2) is 11.0 Å². The van der Waals surface area contributed by atoms with Crippen molar-refractivity contribution in [3.63, 3.8) is 0 Å². The molecule has 0 saturated carbocycles. The number of hydrogen-bond acceptors (Lipinski definition) is 2. The first-order valence-electron chi connectivity index (χ1n) is 5.85. The second-order valence-electron chi connectivity index (χ2n) is 4.37.